The molecular weight excluding hydrogens is 268 g/mol. The smallest absolute Gasteiger partial charge is 0.317 e. The number of hydrogen-bond donors (Lipinski definition) is 2. The molecule has 1 aliphatic carbocycles. The molecule has 2 fully saturated rings. The van der Waals surface area contributed by atoms with Gasteiger partial charge in [0.15, 0.2) is 0 Å². The molecule has 1 unspecified atom stereocenters. The van der Waals surface area contributed by atoms with Gasteiger partial charge in [0, 0.05) is 38.0 Å². The zero-order valence-electron chi connectivity index (χ0n) is 12.5. The van der Waals surface area contributed by atoms with Gasteiger partial charge in [-0.1, -0.05) is 0 Å². The summed E-state index contributed by atoms with van der Waals surface area (Å²) < 4.78 is 5.22. The number of piperidine rings is 1. The number of carbonyl (C=O) groups excluding carboxylic acids is 1. The lowest BCUT2D eigenvalue weighted by Crippen LogP contribution is -2.49. The fourth-order valence-corrected chi connectivity index (χ4v) is 3.11. The lowest BCUT2D eigenvalue weighted by Gasteiger charge is -2.32. The summed E-state index contributed by atoms with van der Waals surface area (Å²) in [6, 6.07) is 2.27. The lowest BCUT2D eigenvalue weighted by molar-refractivity contribution is 0.142. The number of likely N-dealkylation sites (tertiary alicyclic amines) is 1. The average molecular weight is 292 g/mol. The monoisotopic (exact) mass is 292 g/mol. The molecule has 1 aromatic heterocycles. The third-order valence-electron chi connectivity index (χ3n) is 4.59. The fourth-order valence-electron chi connectivity index (χ4n) is 3.11. The SMILES string of the molecule is COCC(NC(=O)N1CCC(c2ccn[nH]2)CC1)C1CC1. The predicted molar refractivity (Wildman–Crippen MR) is 79.1 cm³/mol. The molecule has 1 atom stereocenters. The van der Waals surface area contributed by atoms with Crippen LogP contribution in [0.25, 0.3) is 0 Å². The van der Waals surface area contributed by atoms with Crippen LogP contribution in [-0.4, -0.2) is 54.0 Å². The van der Waals surface area contributed by atoms with Crippen LogP contribution in [0.15, 0.2) is 12.3 Å². The topological polar surface area (TPSA) is 70.2 Å². The van der Waals surface area contributed by atoms with E-state index in [-0.39, 0.29) is 12.1 Å². The maximum Gasteiger partial charge on any atom is 0.317 e. The number of aromatic nitrogens is 2. The van der Waals surface area contributed by atoms with Crippen LogP contribution in [0.4, 0.5) is 4.79 Å². The lowest BCUT2D eigenvalue weighted by atomic mass is 9.94. The normalized spacial score (nSPS) is 21.3. The Morgan fingerprint density at radius 1 is 1.48 bits per heavy atom. The van der Waals surface area contributed by atoms with E-state index >= 15 is 0 Å². The Kier molecular flexibility index (Phi) is 4.43. The van der Waals surface area contributed by atoms with Crippen LogP contribution < -0.4 is 5.32 Å². The van der Waals surface area contributed by atoms with Gasteiger partial charge >= 0.3 is 6.03 Å². The van der Waals surface area contributed by atoms with Gasteiger partial charge in [0.05, 0.1) is 12.6 Å². The highest BCUT2D eigenvalue weighted by Gasteiger charge is 2.34. The van der Waals surface area contributed by atoms with Crippen LogP contribution in [0.2, 0.25) is 0 Å². The van der Waals surface area contributed by atoms with E-state index in [4.69, 9.17) is 4.74 Å². The third kappa shape index (κ3) is 3.56. The van der Waals surface area contributed by atoms with Crippen molar-refractivity contribution in [2.24, 2.45) is 5.92 Å². The standard InChI is InChI=1S/C15H24N4O2/c1-21-10-14(11-2-3-11)17-15(20)19-8-5-12(6-9-19)13-4-7-16-18-13/h4,7,11-12,14H,2-3,5-6,8-10H2,1H3,(H,16,18)(H,17,20). The molecule has 1 saturated heterocycles. The summed E-state index contributed by atoms with van der Waals surface area (Å²) in [5.74, 6) is 1.10. The summed E-state index contributed by atoms with van der Waals surface area (Å²) in [6.45, 7) is 2.22. The zero-order chi connectivity index (χ0) is 14.7. The molecule has 1 aliphatic heterocycles. The minimum Gasteiger partial charge on any atom is -0.383 e. The number of nitrogens with one attached hydrogen (secondary N) is 2. The molecule has 0 bridgehead atoms. The van der Waals surface area contributed by atoms with Gasteiger partial charge in [-0.25, -0.2) is 4.79 Å². The molecule has 2 heterocycles. The Balaban J connectivity index is 1.48. The second-order valence-corrected chi connectivity index (χ2v) is 6.12. The number of rotatable bonds is 5. The Hall–Kier alpha value is -1.56. The van der Waals surface area contributed by atoms with E-state index in [0.29, 0.717) is 18.4 Å². The molecule has 0 spiro atoms. The molecule has 0 radical (unpaired) electrons. The molecule has 6 nitrogen and oxygen atoms in total. The van der Waals surface area contributed by atoms with Crippen molar-refractivity contribution in [3.05, 3.63) is 18.0 Å². The van der Waals surface area contributed by atoms with Crippen molar-refractivity contribution in [2.45, 2.75) is 37.6 Å². The van der Waals surface area contributed by atoms with Crippen LogP contribution in [0.1, 0.15) is 37.3 Å². The van der Waals surface area contributed by atoms with Gasteiger partial charge in [-0.05, 0) is 37.7 Å². The van der Waals surface area contributed by atoms with Crippen molar-refractivity contribution in [3.63, 3.8) is 0 Å². The quantitative estimate of drug-likeness (QED) is 0.868. The van der Waals surface area contributed by atoms with Gasteiger partial charge < -0.3 is 15.0 Å². The number of carbonyl (C=O) groups is 1. The molecule has 6 heteroatoms. The van der Waals surface area contributed by atoms with Crippen LogP contribution in [0, 0.1) is 5.92 Å². The summed E-state index contributed by atoms with van der Waals surface area (Å²) in [6.07, 6.45) is 6.19. The maximum absolute atomic E-state index is 12.3. The van der Waals surface area contributed by atoms with Crippen LogP contribution in [0.5, 0.6) is 0 Å². The van der Waals surface area contributed by atoms with Crippen molar-refractivity contribution in [1.82, 2.24) is 20.4 Å². The van der Waals surface area contributed by atoms with Gasteiger partial charge in [-0.15, -0.1) is 0 Å². The van der Waals surface area contributed by atoms with Crippen molar-refractivity contribution in [1.29, 1.82) is 0 Å². The number of hydrogen-bond acceptors (Lipinski definition) is 3. The molecule has 1 saturated carbocycles. The Labute approximate surface area is 125 Å². The highest BCUT2D eigenvalue weighted by molar-refractivity contribution is 5.74. The van der Waals surface area contributed by atoms with E-state index in [1.54, 1.807) is 13.3 Å². The summed E-state index contributed by atoms with van der Waals surface area (Å²) in [4.78, 5) is 14.3. The van der Waals surface area contributed by atoms with Crippen LogP contribution >= 0.6 is 0 Å². The molecule has 2 amide bonds. The third-order valence-corrected chi connectivity index (χ3v) is 4.59. The molecule has 3 rings (SSSR count). The summed E-state index contributed by atoms with van der Waals surface area (Å²) in [5, 5.41) is 10.2. The number of ether oxygens (including phenoxy) is 1. The van der Waals surface area contributed by atoms with E-state index in [9.17, 15) is 4.79 Å². The first kappa shape index (κ1) is 14.4. The first-order valence-corrected chi connectivity index (χ1v) is 7.81. The number of urea groups is 1. The molecule has 2 aliphatic rings. The van der Waals surface area contributed by atoms with E-state index in [0.717, 1.165) is 25.9 Å². The van der Waals surface area contributed by atoms with Gasteiger partial charge in [0.2, 0.25) is 0 Å². The fraction of sp³-hybridized carbons (Fsp3) is 0.733. The van der Waals surface area contributed by atoms with Gasteiger partial charge in [0.1, 0.15) is 0 Å². The molecule has 0 aromatic carbocycles. The number of amides is 2. The summed E-state index contributed by atoms with van der Waals surface area (Å²) >= 11 is 0. The van der Waals surface area contributed by atoms with E-state index < -0.39 is 0 Å². The van der Waals surface area contributed by atoms with E-state index in [2.05, 4.69) is 15.5 Å². The Bertz CT molecular complexity index is 450. The van der Waals surface area contributed by atoms with Gasteiger partial charge in [-0.2, -0.15) is 5.10 Å². The molecule has 21 heavy (non-hydrogen) atoms. The number of nitrogens with zero attached hydrogens (tertiary/aromatic N) is 2. The molecular formula is C15H24N4O2. The minimum absolute atomic E-state index is 0.0620. The zero-order valence-corrected chi connectivity index (χ0v) is 12.5. The van der Waals surface area contributed by atoms with Crippen LogP contribution in [-0.2, 0) is 4.74 Å². The van der Waals surface area contributed by atoms with Crippen LogP contribution in [0.3, 0.4) is 0 Å². The largest absolute Gasteiger partial charge is 0.383 e. The van der Waals surface area contributed by atoms with Gasteiger partial charge in [0.25, 0.3) is 0 Å². The van der Waals surface area contributed by atoms with E-state index in [1.165, 1.54) is 18.5 Å². The van der Waals surface area contributed by atoms with Crippen molar-refractivity contribution >= 4 is 6.03 Å². The highest BCUT2D eigenvalue weighted by Crippen LogP contribution is 2.33. The minimum atomic E-state index is 0.0620. The van der Waals surface area contributed by atoms with Gasteiger partial charge in [-0.3, -0.25) is 5.10 Å². The number of H-pyrrole nitrogens is 1. The number of aromatic amines is 1. The maximum atomic E-state index is 12.3. The average Bonchev–Trinajstić information content (AvgIpc) is 3.21. The van der Waals surface area contributed by atoms with E-state index in [1.807, 2.05) is 11.0 Å². The molecule has 116 valence electrons. The van der Waals surface area contributed by atoms with Crippen molar-refractivity contribution in [2.75, 3.05) is 26.8 Å². The predicted octanol–water partition coefficient (Wildman–Crippen LogP) is 1.72. The second kappa shape index (κ2) is 6.47. The van der Waals surface area contributed by atoms with Crippen molar-refractivity contribution < 1.29 is 9.53 Å². The van der Waals surface area contributed by atoms with Crippen molar-refractivity contribution in [3.8, 4) is 0 Å². The molecule has 2 N–H and O–H groups in total. The summed E-state index contributed by atoms with van der Waals surface area (Å²) in [5.41, 5.74) is 1.19. The Morgan fingerprint density at radius 3 is 2.81 bits per heavy atom. The second-order valence-electron chi connectivity index (χ2n) is 6.12. The summed E-state index contributed by atoms with van der Waals surface area (Å²) in [7, 11) is 1.69. The number of methoxy groups -OCH3 is 1. The first-order chi connectivity index (χ1) is 10.3. The Morgan fingerprint density at radius 2 is 2.24 bits per heavy atom. The highest BCUT2D eigenvalue weighted by atomic mass is 16.5. The first-order valence-electron chi connectivity index (χ1n) is 7.81. The molecule has 1 aromatic rings.